The van der Waals surface area contributed by atoms with Crippen molar-refractivity contribution in [2.45, 2.75) is 12.1 Å². The number of hydrogen-bond acceptors (Lipinski definition) is 5. The molecule has 0 saturated carbocycles. The number of pyridine rings is 1. The van der Waals surface area contributed by atoms with Gasteiger partial charge in [0.05, 0.1) is 36.1 Å². The second-order valence-corrected chi connectivity index (χ2v) is 8.87. The van der Waals surface area contributed by atoms with Crippen molar-refractivity contribution in [2.24, 2.45) is 0 Å². The van der Waals surface area contributed by atoms with Gasteiger partial charge in [-0.3, -0.25) is 9.78 Å². The summed E-state index contributed by atoms with van der Waals surface area (Å²) in [6, 6.07) is 25.4. The summed E-state index contributed by atoms with van der Waals surface area (Å²) in [4.78, 5) is 32.1. The van der Waals surface area contributed by atoms with Crippen LogP contribution in [0.4, 0.5) is 5.69 Å². The molecule has 0 bridgehead atoms. The van der Waals surface area contributed by atoms with Gasteiger partial charge in [0.2, 0.25) is 5.91 Å². The van der Waals surface area contributed by atoms with Gasteiger partial charge in [0.1, 0.15) is 6.54 Å². The Bertz CT molecular complexity index is 1420. The molecule has 1 aliphatic heterocycles. The Hall–Kier alpha value is -4.50. The van der Waals surface area contributed by atoms with E-state index in [2.05, 4.69) is 15.6 Å². The van der Waals surface area contributed by atoms with Gasteiger partial charge < -0.3 is 24.8 Å². The van der Waals surface area contributed by atoms with Crippen LogP contribution < -0.4 is 10.6 Å². The smallest absolute Gasteiger partial charge is 0.339 e. The molecule has 0 radical (unpaired) electrons. The van der Waals surface area contributed by atoms with Crippen LogP contribution >= 0.6 is 12.2 Å². The van der Waals surface area contributed by atoms with Crippen LogP contribution in [0.1, 0.15) is 33.8 Å². The third-order valence-electron chi connectivity index (χ3n) is 6.22. The summed E-state index contributed by atoms with van der Waals surface area (Å²) >= 11 is 5.72. The lowest BCUT2D eigenvalue weighted by Gasteiger charge is -2.28. The van der Waals surface area contributed by atoms with Crippen molar-refractivity contribution in [2.75, 3.05) is 19.0 Å². The Kier molecular flexibility index (Phi) is 6.96. The van der Waals surface area contributed by atoms with E-state index in [0.717, 1.165) is 11.4 Å². The van der Waals surface area contributed by atoms with E-state index in [1.807, 2.05) is 88.5 Å². The zero-order chi connectivity index (χ0) is 25.8. The highest BCUT2D eigenvalue weighted by Gasteiger charge is 2.42. The molecule has 2 aromatic heterocycles. The van der Waals surface area contributed by atoms with Gasteiger partial charge in [-0.15, -0.1) is 0 Å². The molecule has 0 unspecified atom stereocenters. The largest absolute Gasteiger partial charge is 0.465 e. The van der Waals surface area contributed by atoms with Crippen LogP contribution in [0.25, 0.3) is 5.69 Å². The molecule has 0 aliphatic carbocycles. The van der Waals surface area contributed by atoms with Crippen molar-refractivity contribution in [3.63, 3.8) is 0 Å². The molecule has 3 heterocycles. The second-order valence-electron chi connectivity index (χ2n) is 8.48. The average molecular weight is 512 g/mol. The zero-order valence-corrected chi connectivity index (χ0v) is 20.9. The van der Waals surface area contributed by atoms with Crippen molar-refractivity contribution < 1.29 is 14.3 Å². The molecule has 2 N–H and O–H groups in total. The van der Waals surface area contributed by atoms with E-state index in [1.165, 1.54) is 7.11 Å². The molecule has 2 aromatic carbocycles. The molecule has 186 valence electrons. The summed E-state index contributed by atoms with van der Waals surface area (Å²) in [5.41, 5.74) is 3.43. The topological polar surface area (TPSA) is 88.5 Å². The first-order chi connectivity index (χ1) is 18.1. The lowest BCUT2D eigenvalue weighted by Crippen LogP contribution is -2.37. The standard InChI is InChI=1S/C28H25N5O3S/c1-36-27(35)20-12-5-6-14-22(20)32-17-9-15-23(32)26-25(21-13-7-8-16-29-21)31-28(37)33(26)18-24(34)30-19-10-3-2-4-11-19/h2-17,25-26H,18H2,1H3,(H,30,34)(H,31,37)/t25-,26-/m0/s1. The van der Waals surface area contributed by atoms with Crippen LogP contribution in [0.15, 0.2) is 97.3 Å². The summed E-state index contributed by atoms with van der Waals surface area (Å²) in [5, 5.41) is 6.74. The number of methoxy groups -OCH3 is 1. The number of thiocarbonyl (C=S) groups is 1. The van der Waals surface area contributed by atoms with Gasteiger partial charge >= 0.3 is 5.97 Å². The molecule has 1 saturated heterocycles. The second kappa shape index (κ2) is 10.6. The van der Waals surface area contributed by atoms with Crippen molar-refractivity contribution in [3.8, 4) is 5.69 Å². The summed E-state index contributed by atoms with van der Waals surface area (Å²) in [5.74, 6) is -0.634. The van der Waals surface area contributed by atoms with Gasteiger partial charge in [0.15, 0.2) is 5.11 Å². The minimum atomic E-state index is -0.435. The Morgan fingerprint density at radius 2 is 1.76 bits per heavy atom. The van der Waals surface area contributed by atoms with Gasteiger partial charge in [-0.25, -0.2) is 4.79 Å². The Labute approximate surface area is 219 Å². The third kappa shape index (κ3) is 4.94. The van der Waals surface area contributed by atoms with E-state index in [4.69, 9.17) is 17.0 Å². The number of ether oxygens (including phenoxy) is 1. The molecule has 37 heavy (non-hydrogen) atoms. The lowest BCUT2D eigenvalue weighted by molar-refractivity contribution is -0.116. The van der Waals surface area contributed by atoms with Crippen LogP contribution in [0.3, 0.4) is 0 Å². The SMILES string of the molecule is COC(=O)c1ccccc1-n1cccc1[C@H]1[C@H](c2ccccn2)NC(=S)N1CC(=O)Nc1ccccc1. The predicted molar refractivity (Wildman–Crippen MR) is 144 cm³/mol. The van der Waals surface area contributed by atoms with Crippen LogP contribution in [-0.2, 0) is 9.53 Å². The number of nitrogens with zero attached hydrogens (tertiary/aromatic N) is 3. The van der Waals surface area contributed by atoms with E-state index in [9.17, 15) is 9.59 Å². The average Bonchev–Trinajstić information content (AvgIpc) is 3.53. The number of benzene rings is 2. The third-order valence-corrected chi connectivity index (χ3v) is 6.57. The Morgan fingerprint density at radius 3 is 2.51 bits per heavy atom. The maximum absolute atomic E-state index is 13.1. The number of esters is 1. The fourth-order valence-corrected chi connectivity index (χ4v) is 4.90. The maximum Gasteiger partial charge on any atom is 0.339 e. The summed E-state index contributed by atoms with van der Waals surface area (Å²) in [7, 11) is 1.36. The number of carbonyl (C=O) groups excluding carboxylic acids is 2. The Morgan fingerprint density at radius 1 is 1.00 bits per heavy atom. The quantitative estimate of drug-likeness (QED) is 0.283. The number of hydrogen-bond donors (Lipinski definition) is 2. The molecule has 9 heteroatoms. The Balaban J connectivity index is 1.55. The van der Waals surface area contributed by atoms with Crippen molar-refractivity contribution >= 4 is 34.9 Å². The van der Waals surface area contributed by atoms with Gasteiger partial charge in [-0.2, -0.15) is 0 Å². The van der Waals surface area contributed by atoms with Crippen molar-refractivity contribution in [1.82, 2.24) is 19.8 Å². The molecule has 1 aliphatic rings. The zero-order valence-electron chi connectivity index (χ0n) is 20.1. The van der Waals surface area contributed by atoms with Gasteiger partial charge in [-0.1, -0.05) is 36.4 Å². The highest BCUT2D eigenvalue weighted by Crippen LogP contribution is 2.39. The van der Waals surface area contributed by atoms with Gasteiger partial charge in [0, 0.05) is 23.8 Å². The minimum Gasteiger partial charge on any atom is -0.465 e. The molecule has 0 spiro atoms. The first-order valence-electron chi connectivity index (χ1n) is 11.7. The number of anilines is 1. The molecule has 4 aromatic rings. The van der Waals surface area contributed by atoms with E-state index >= 15 is 0 Å². The highest BCUT2D eigenvalue weighted by molar-refractivity contribution is 7.80. The van der Waals surface area contributed by atoms with Crippen LogP contribution in [0.5, 0.6) is 0 Å². The number of aromatic nitrogens is 2. The molecule has 5 rings (SSSR count). The first kappa shape index (κ1) is 24.2. The van der Waals surface area contributed by atoms with Crippen LogP contribution in [0.2, 0.25) is 0 Å². The predicted octanol–water partition coefficient (Wildman–Crippen LogP) is 4.27. The monoisotopic (exact) mass is 511 g/mol. The number of para-hydroxylation sites is 2. The van der Waals surface area contributed by atoms with Crippen molar-refractivity contribution in [3.05, 3.63) is 114 Å². The maximum atomic E-state index is 13.1. The molecular weight excluding hydrogens is 486 g/mol. The number of rotatable bonds is 7. The molecule has 8 nitrogen and oxygen atoms in total. The molecule has 1 fully saturated rings. The summed E-state index contributed by atoms with van der Waals surface area (Å²) in [6.45, 7) is 0.0263. The number of carbonyl (C=O) groups is 2. The number of amides is 1. The van der Waals surface area contributed by atoms with Crippen LogP contribution in [0, 0.1) is 0 Å². The summed E-state index contributed by atoms with van der Waals surface area (Å²) in [6.07, 6.45) is 3.61. The lowest BCUT2D eigenvalue weighted by atomic mass is 10.0. The first-order valence-corrected chi connectivity index (χ1v) is 12.2. The molecular formula is C28H25N5O3S. The minimum absolute atomic E-state index is 0.0263. The van der Waals surface area contributed by atoms with Gasteiger partial charge in [-0.05, 0) is 60.7 Å². The van der Waals surface area contributed by atoms with Crippen LogP contribution in [-0.4, -0.2) is 45.1 Å². The van der Waals surface area contributed by atoms with Gasteiger partial charge in [0.25, 0.3) is 0 Å². The van der Waals surface area contributed by atoms with Crippen molar-refractivity contribution in [1.29, 1.82) is 0 Å². The normalized spacial score (nSPS) is 16.8. The molecule has 1 amide bonds. The molecule has 2 atom stereocenters. The fraction of sp³-hybridized carbons (Fsp3) is 0.143. The summed E-state index contributed by atoms with van der Waals surface area (Å²) < 4.78 is 6.95. The van der Waals surface area contributed by atoms with E-state index < -0.39 is 5.97 Å². The van der Waals surface area contributed by atoms with E-state index in [1.54, 1.807) is 18.3 Å². The fourth-order valence-electron chi connectivity index (χ4n) is 4.59. The van der Waals surface area contributed by atoms with E-state index in [0.29, 0.717) is 22.1 Å². The number of nitrogens with one attached hydrogen (secondary N) is 2. The van der Waals surface area contributed by atoms with E-state index in [-0.39, 0.29) is 24.5 Å². The highest BCUT2D eigenvalue weighted by atomic mass is 32.1.